The number of halogens is 1. The first kappa shape index (κ1) is 32.4. The zero-order chi connectivity index (χ0) is 32.0. The molecule has 1 atom stereocenters. The lowest BCUT2D eigenvalue weighted by atomic mass is 9.97. The molecule has 2 heterocycles. The summed E-state index contributed by atoms with van der Waals surface area (Å²) in [4.78, 5) is 54.3. The van der Waals surface area contributed by atoms with E-state index in [0.29, 0.717) is 40.6 Å². The highest BCUT2D eigenvalue weighted by Gasteiger charge is 2.31. The van der Waals surface area contributed by atoms with Crippen molar-refractivity contribution in [2.75, 3.05) is 33.5 Å². The molecular formula is C29H28BrN3O10S. The van der Waals surface area contributed by atoms with E-state index in [1.807, 2.05) is 13.8 Å². The normalized spacial score (nSPS) is 14.2. The van der Waals surface area contributed by atoms with Crippen LogP contribution in [-0.2, 0) is 19.1 Å². The minimum Gasteiger partial charge on any atom is -0.490 e. The summed E-state index contributed by atoms with van der Waals surface area (Å²) in [5, 5.41) is 11.9. The van der Waals surface area contributed by atoms with Crippen LogP contribution in [0.25, 0.3) is 6.08 Å². The molecular weight excluding hydrogens is 662 g/mol. The van der Waals surface area contributed by atoms with Gasteiger partial charge in [0.05, 0.1) is 52.5 Å². The molecule has 0 unspecified atom stereocenters. The molecule has 0 fully saturated rings. The molecule has 1 aliphatic heterocycles. The Hall–Kier alpha value is -4.50. The van der Waals surface area contributed by atoms with Crippen molar-refractivity contribution in [1.82, 2.24) is 4.57 Å². The molecule has 0 radical (unpaired) electrons. The largest absolute Gasteiger partial charge is 0.490 e. The third kappa shape index (κ3) is 6.83. The van der Waals surface area contributed by atoms with E-state index in [1.165, 1.54) is 36.1 Å². The van der Waals surface area contributed by atoms with Crippen LogP contribution in [0, 0.1) is 10.1 Å². The third-order valence-electron chi connectivity index (χ3n) is 6.19. The second-order valence-electron chi connectivity index (χ2n) is 8.95. The van der Waals surface area contributed by atoms with Gasteiger partial charge in [0.2, 0.25) is 5.75 Å². The molecule has 0 bridgehead atoms. The minimum atomic E-state index is -0.907. The van der Waals surface area contributed by atoms with Gasteiger partial charge >= 0.3 is 17.6 Å². The highest BCUT2D eigenvalue weighted by molar-refractivity contribution is 9.10. The Kier molecular flexibility index (Phi) is 10.5. The maximum absolute atomic E-state index is 13.9. The number of ether oxygens (including phenoxy) is 5. The summed E-state index contributed by atoms with van der Waals surface area (Å²) < 4.78 is 28.4. The molecule has 1 aromatic heterocycles. The van der Waals surface area contributed by atoms with Crippen LogP contribution < -0.4 is 29.1 Å². The number of aromatic nitrogens is 1. The summed E-state index contributed by atoms with van der Waals surface area (Å²) in [7, 11) is 1.24. The standard InChI is InChI=1S/C29H28BrN3O10S/c1-5-40-21-9-8-17(13-22(21)41-6-2)25-18(28(36)39-4)14-31-29-32(25)27(35)23(44-29)12-16-10-19(30)26(20(11-16)33(37)38)43-15-24(34)42-7-3/h8-14,25H,5-7,15H2,1-4H3/b23-12+/t25-/m0/s1. The summed E-state index contributed by atoms with van der Waals surface area (Å²) in [5.74, 6) is -0.558. The second-order valence-corrected chi connectivity index (χ2v) is 10.8. The third-order valence-corrected chi connectivity index (χ3v) is 7.77. The maximum Gasteiger partial charge on any atom is 0.344 e. The molecule has 0 aliphatic carbocycles. The van der Waals surface area contributed by atoms with Crippen LogP contribution in [0.1, 0.15) is 37.9 Å². The van der Waals surface area contributed by atoms with Gasteiger partial charge in [0, 0.05) is 12.3 Å². The molecule has 0 spiro atoms. The number of fused-ring (bicyclic) bond motifs is 1. The zero-order valence-corrected chi connectivity index (χ0v) is 26.6. The Bertz CT molecular complexity index is 1810. The number of nitro groups is 1. The lowest BCUT2D eigenvalue weighted by Crippen LogP contribution is -2.39. The van der Waals surface area contributed by atoms with Crippen molar-refractivity contribution in [1.29, 1.82) is 0 Å². The van der Waals surface area contributed by atoms with E-state index in [-0.39, 0.29) is 26.9 Å². The molecule has 0 N–H and O–H groups in total. The first-order valence-electron chi connectivity index (χ1n) is 13.4. The van der Waals surface area contributed by atoms with Gasteiger partial charge in [-0.25, -0.2) is 14.6 Å². The van der Waals surface area contributed by atoms with Crippen LogP contribution in [0.5, 0.6) is 17.2 Å². The van der Waals surface area contributed by atoms with Gasteiger partial charge in [0.25, 0.3) is 5.56 Å². The molecule has 3 aromatic rings. The van der Waals surface area contributed by atoms with Crippen molar-refractivity contribution in [2.45, 2.75) is 26.8 Å². The predicted octanol–water partition coefficient (Wildman–Crippen LogP) is 3.43. The Morgan fingerprint density at radius 1 is 1.09 bits per heavy atom. The molecule has 44 heavy (non-hydrogen) atoms. The number of hydrogen-bond acceptors (Lipinski definition) is 12. The molecule has 0 saturated heterocycles. The van der Waals surface area contributed by atoms with Crippen LogP contribution >= 0.6 is 27.3 Å². The summed E-state index contributed by atoms with van der Waals surface area (Å²) in [5.41, 5.74) is 0.0749. The van der Waals surface area contributed by atoms with E-state index in [1.54, 1.807) is 25.1 Å². The fraction of sp³-hybridized carbons (Fsp3) is 0.310. The van der Waals surface area contributed by atoms with Crippen LogP contribution in [-0.4, -0.2) is 55.0 Å². The van der Waals surface area contributed by atoms with E-state index in [9.17, 15) is 24.5 Å². The SMILES string of the molecule is CCOC(=O)COc1c(Br)cc(/C=c2/sc3n(c2=O)[C@@H](c2ccc(OCC)c(OCC)c2)C(C(=O)OC)=CN=3)cc1[N+](=O)[O-]. The highest BCUT2D eigenvalue weighted by Crippen LogP contribution is 2.37. The van der Waals surface area contributed by atoms with E-state index in [4.69, 9.17) is 23.7 Å². The molecule has 0 amide bonds. The number of carbonyl (C=O) groups excluding carboxylic acids is 2. The van der Waals surface area contributed by atoms with E-state index < -0.39 is 40.8 Å². The maximum atomic E-state index is 13.9. The summed E-state index contributed by atoms with van der Waals surface area (Å²) in [6, 6.07) is 6.97. The molecule has 13 nitrogen and oxygen atoms in total. The van der Waals surface area contributed by atoms with Gasteiger partial charge in [-0.3, -0.25) is 19.5 Å². The molecule has 0 saturated carbocycles. The summed E-state index contributed by atoms with van der Waals surface area (Å²) in [6.45, 7) is 5.68. The van der Waals surface area contributed by atoms with Gasteiger partial charge in [-0.05, 0) is 72.1 Å². The number of nitro benzene ring substituents is 1. The van der Waals surface area contributed by atoms with E-state index in [0.717, 1.165) is 11.3 Å². The van der Waals surface area contributed by atoms with Crippen molar-refractivity contribution in [3.63, 3.8) is 0 Å². The number of rotatable bonds is 12. The predicted molar refractivity (Wildman–Crippen MR) is 163 cm³/mol. The van der Waals surface area contributed by atoms with Crippen LogP contribution in [0.3, 0.4) is 0 Å². The lowest BCUT2D eigenvalue weighted by molar-refractivity contribution is -0.385. The molecule has 2 aromatic carbocycles. The van der Waals surface area contributed by atoms with E-state index >= 15 is 0 Å². The first-order valence-corrected chi connectivity index (χ1v) is 15.0. The molecule has 232 valence electrons. The zero-order valence-electron chi connectivity index (χ0n) is 24.2. The van der Waals surface area contributed by atoms with Gasteiger partial charge in [-0.15, -0.1) is 0 Å². The van der Waals surface area contributed by atoms with Gasteiger partial charge in [-0.1, -0.05) is 17.4 Å². The number of methoxy groups -OCH3 is 1. The molecule has 1 aliphatic rings. The second kappa shape index (κ2) is 14.3. The average Bonchev–Trinajstić information content (AvgIpc) is 3.31. The number of thiazole rings is 1. The topological polar surface area (TPSA) is 158 Å². The Balaban J connectivity index is 1.84. The van der Waals surface area contributed by atoms with Gasteiger partial charge in [0.15, 0.2) is 22.9 Å². The Morgan fingerprint density at radius 2 is 1.82 bits per heavy atom. The number of carbonyl (C=O) groups is 2. The van der Waals surface area contributed by atoms with Crippen LogP contribution in [0.4, 0.5) is 5.69 Å². The quantitative estimate of drug-likeness (QED) is 0.157. The summed E-state index contributed by atoms with van der Waals surface area (Å²) in [6.07, 6.45) is 2.83. The Morgan fingerprint density at radius 3 is 2.48 bits per heavy atom. The smallest absolute Gasteiger partial charge is 0.344 e. The van der Waals surface area contributed by atoms with Gasteiger partial charge in [0.1, 0.15) is 0 Å². The average molecular weight is 691 g/mol. The van der Waals surface area contributed by atoms with Crippen molar-refractivity contribution in [3.05, 3.63) is 87.5 Å². The fourth-order valence-corrected chi connectivity index (χ4v) is 5.98. The highest BCUT2D eigenvalue weighted by atomic mass is 79.9. The monoisotopic (exact) mass is 689 g/mol. The van der Waals surface area contributed by atoms with Crippen molar-refractivity contribution >= 4 is 51.0 Å². The van der Waals surface area contributed by atoms with Crippen molar-refractivity contribution in [2.24, 2.45) is 4.99 Å². The van der Waals surface area contributed by atoms with E-state index in [2.05, 4.69) is 20.9 Å². The summed E-state index contributed by atoms with van der Waals surface area (Å²) >= 11 is 4.31. The van der Waals surface area contributed by atoms with Crippen LogP contribution in [0.15, 0.2) is 56.4 Å². The fourth-order valence-electron chi connectivity index (χ4n) is 4.43. The number of esters is 2. The number of hydrogen-bond donors (Lipinski definition) is 0. The number of nitrogens with zero attached hydrogens (tertiary/aromatic N) is 3. The van der Waals surface area contributed by atoms with Gasteiger partial charge in [-0.2, -0.15) is 0 Å². The van der Waals surface area contributed by atoms with Crippen LogP contribution in [0.2, 0.25) is 0 Å². The van der Waals surface area contributed by atoms with Crippen molar-refractivity contribution < 1.29 is 38.2 Å². The number of benzene rings is 2. The first-order chi connectivity index (χ1) is 21.1. The minimum absolute atomic E-state index is 0.125. The van der Waals surface area contributed by atoms with Gasteiger partial charge < -0.3 is 23.7 Å². The molecule has 4 rings (SSSR count). The van der Waals surface area contributed by atoms with Crippen molar-refractivity contribution in [3.8, 4) is 17.2 Å². The Labute approximate surface area is 263 Å². The molecule has 15 heteroatoms. The lowest BCUT2D eigenvalue weighted by Gasteiger charge is -2.23.